The van der Waals surface area contributed by atoms with Crippen LogP contribution in [0.3, 0.4) is 0 Å². The van der Waals surface area contributed by atoms with Gasteiger partial charge in [0.1, 0.15) is 12.0 Å². The van der Waals surface area contributed by atoms with Crippen LogP contribution < -0.4 is 4.74 Å². The van der Waals surface area contributed by atoms with Crippen LogP contribution >= 0.6 is 0 Å². The molecule has 1 rings (SSSR count). The van der Waals surface area contributed by atoms with Gasteiger partial charge in [0, 0.05) is 5.56 Å². The van der Waals surface area contributed by atoms with Gasteiger partial charge in [0.05, 0.1) is 6.26 Å². The number of carbonyl (C=O) groups is 1. The highest BCUT2D eigenvalue weighted by molar-refractivity contribution is 5.74. The van der Waals surface area contributed by atoms with E-state index in [1.54, 1.807) is 36.6 Å². The summed E-state index contributed by atoms with van der Waals surface area (Å²) in [5.41, 5.74) is 0.631. The molecule has 1 aromatic carbocycles. The van der Waals surface area contributed by atoms with Crippen molar-refractivity contribution in [2.24, 2.45) is 0 Å². The Balaban J connectivity index is 2.39. The minimum atomic E-state index is 0.171. The second-order valence-corrected chi connectivity index (χ2v) is 2.59. The Kier molecular flexibility index (Phi) is 4.27. The molecule has 0 aromatic heterocycles. The van der Waals surface area contributed by atoms with Crippen LogP contribution in [0.25, 0.3) is 0 Å². The van der Waals surface area contributed by atoms with E-state index in [1.165, 1.54) is 0 Å². The first kappa shape index (κ1) is 10.3. The van der Waals surface area contributed by atoms with Gasteiger partial charge in [-0.1, -0.05) is 6.08 Å². The molecule has 1 aromatic rings. The standard InChI is InChI=1S/C11H12O3/c1-2-7-13-9-14-11-5-3-10(8-12)4-6-11/h2-8H,9H2,1H3. The summed E-state index contributed by atoms with van der Waals surface area (Å²) in [6.45, 7) is 2.03. The third-order valence-corrected chi connectivity index (χ3v) is 1.54. The number of rotatable bonds is 5. The van der Waals surface area contributed by atoms with Crippen molar-refractivity contribution in [1.29, 1.82) is 0 Å². The largest absolute Gasteiger partial charge is 0.465 e. The van der Waals surface area contributed by atoms with Crippen molar-refractivity contribution < 1.29 is 14.3 Å². The molecule has 0 spiro atoms. The van der Waals surface area contributed by atoms with Crippen molar-refractivity contribution >= 4 is 6.29 Å². The molecule has 0 saturated heterocycles. The Bertz CT molecular complexity index is 301. The normalized spacial score (nSPS) is 10.1. The van der Waals surface area contributed by atoms with Crippen LogP contribution in [-0.4, -0.2) is 13.1 Å². The summed E-state index contributed by atoms with van der Waals surface area (Å²) in [7, 11) is 0. The Hall–Kier alpha value is -1.77. The fourth-order valence-corrected chi connectivity index (χ4v) is 0.880. The van der Waals surface area contributed by atoms with Gasteiger partial charge in [0.15, 0.2) is 0 Å². The molecule has 0 unspecified atom stereocenters. The van der Waals surface area contributed by atoms with Gasteiger partial charge < -0.3 is 9.47 Å². The summed E-state index contributed by atoms with van der Waals surface area (Å²) in [6.07, 6.45) is 4.12. The minimum absolute atomic E-state index is 0.171. The Labute approximate surface area is 83.0 Å². The summed E-state index contributed by atoms with van der Waals surface area (Å²) in [5.74, 6) is 0.681. The first-order valence-electron chi connectivity index (χ1n) is 4.27. The van der Waals surface area contributed by atoms with Gasteiger partial charge in [0.2, 0.25) is 6.79 Å². The number of hydrogen-bond acceptors (Lipinski definition) is 3. The molecular formula is C11H12O3. The quantitative estimate of drug-likeness (QED) is 0.311. The minimum Gasteiger partial charge on any atom is -0.465 e. The van der Waals surface area contributed by atoms with E-state index in [0.717, 1.165) is 6.29 Å². The predicted molar refractivity (Wildman–Crippen MR) is 53.2 cm³/mol. The lowest BCUT2D eigenvalue weighted by atomic mass is 10.2. The van der Waals surface area contributed by atoms with E-state index in [-0.39, 0.29) is 6.79 Å². The molecule has 0 radical (unpaired) electrons. The second kappa shape index (κ2) is 5.80. The molecule has 0 aliphatic carbocycles. The van der Waals surface area contributed by atoms with Crippen molar-refractivity contribution in [3.05, 3.63) is 42.2 Å². The van der Waals surface area contributed by atoms with Crippen LogP contribution in [0.15, 0.2) is 36.6 Å². The molecule has 0 heterocycles. The van der Waals surface area contributed by atoms with Gasteiger partial charge in [-0.05, 0) is 31.2 Å². The predicted octanol–water partition coefficient (Wildman–Crippen LogP) is 2.39. The lowest BCUT2D eigenvalue weighted by Crippen LogP contribution is -1.98. The molecule has 74 valence electrons. The van der Waals surface area contributed by atoms with Crippen LogP contribution in [-0.2, 0) is 4.74 Å². The van der Waals surface area contributed by atoms with Crippen LogP contribution in [0.4, 0.5) is 0 Å². The molecule has 0 N–H and O–H groups in total. The average molecular weight is 192 g/mol. The number of benzene rings is 1. The topological polar surface area (TPSA) is 35.5 Å². The lowest BCUT2D eigenvalue weighted by Gasteiger charge is -2.04. The van der Waals surface area contributed by atoms with Gasteiger partial charge in [-0.2, -0.15) is 0 Å². The molecule has 3 nitrogen and oxygen atoms in total. The van der Waals surface area contributed by atoms with Crippen molar-refractivity contribution in [1.82, 2.24) is 0 Å². The van der Waals surface area contributed by atoms with Crippen LogP contribution in [0.1, 0.15) is 17.3 Å². The van der Waals surface area contributed by atoms with Gasteiger partial charge in [-0.25, -0.2) is 0 Å². The number of allylic oxidation sites excluding steroid dienone is 1. The molecule has 0 fully saturated rings. The fraction of sp³-hybridized carbons (Fsp3) is 0.182. The van der Waals surface area contributed by atoms with E-state index in [4.69, 9.17) is 9.47 Å². The van der Waals surface area contributed by atoms with E-state index in [1.807, 2.05) is 6.92 Å². The van der Waals surface area contributed by atoms with E-state index in [0.29, 0.717) is 11.3 Å². The van der Waals surface area contributed by atoms with Gasteiger partial charge in [-0.3, -0.25) is 4.79 Å². The summed E-state index contributed by atoms with van der Waals surface area (Å²) >= 11 is 0. The molecule has 0 amide bonds. The van der Waals surface area contributed by atoms with E-state index >= 15 is 0 Å². The highest BCUT2D eigenvalue weighted by Gasteiger charge is 1.93. The smallest absolute Gasteiger partial charge is 0.229 e. The summed E-state index contributed by atoms with van der Waals surface area (Å²) in [6, 6.07) is 6.83. The number of carbonyl (C=O) groups excluding carboxylic acids is 1. The Morgan fingerprint density at radius 2 is 2.00 bits per heavy atom. The summed E-state index contributed by atoms with van der Waals surface area (Å²) < 4.78 is 10.2. The fourth-order valence-electron chi connectivity index (χ4n) is 0.880. The van der Waals surface area contributed by atoms with E-state index in [9.17, 15) is 4.79 Å². The maximum Gasteiger partial charge on any atom is 0.229 e. The molecule has 0 aliphatic heterocycles. The van der Waals surface area contributed by atoms with Crippen molar-refractivity contribution in [3.8, 4) is 5.75 Å². The Morgan fingerprint density at radius 3 is 2.57 bits per heavy atom. The SMILES string of the molecule is CC=COCOc1ccc(C=O)cc1. The molecular weight excluding hydrogens is 180 g/mol. The van der Waals surface area contributed by atoms with E-state index in [2.05, 4.69) is 0 Å². The molecule has 0 bridgehead atoms. The number of aldehydes is 1. The summed E-state index contributed by atoms with van der Waals surface area (Å²) in [5, 5.41) is 0. The van der Waals surface area contributed by atoms with Crippen LogP contribution in [0.2, 0.25) is 0 Å². The van der Waals surface area contributed by atoms with Gasteiger partial charge >= 0.3 is 0 Å². The molecule has 0 saturated carbocycles. The lowest BCUT2D eigenvalue weighted by molar-refractivity contribution is 0.0799. The van der Waals surface area contributed by atoms with Gasteiger partial charge in [-0.15, -0.1) is 0 Å². The van der Waals surface area contributed by atoms with Crippen LogP contribution in [0.5, 0.6) is 5.75 Å². The highest BCUT2D eigenvalue weighted by atomic mass is 16.7. The van der Waals surface area contributed by atoms with Crippen molar-refractivity contribution in [3.63, 3.8) is 0 Å². The first-order chi connectivity index (χ1) is 6.86. The second-order valence-electron chi connectivity index (χ2n) is 2.59. The number of hydrogen-bond donors (Lipinski definition) is 0. The van der Waals surface area contributed by atoms with Crippen molar-refractivity contribution in [2.45, 2.75) is 6.92 Å². The zero-order chi connectivity index (χ0) is 10.2. The third-order valence-electron chi connectivity index (χ3n) is 1.54. The molecule has 14 heavy (non-hydrogen) atoms. The Morgan fingerprint density at radius 1 is 1.29 bits per heavy atom. The monoisotopic (exact) mass is 192 g/mol. The maximum atomic E-state index is 10.3. The van der Waals surface area contributed by atoms with E-state index < -0.39 is 0 Å². The molecule has 0 aliphatic rings. The zero-order valence-corrected chi connectivity index (χ0v) is 7.97. The van der Waals surface area contributed by atoms with Crippen LogP contribution in [0, 0.1) is 0 Å². The average Bonchev–Trinajstić information content (AvgIpc) is 2.25. The third kappa shape index (κ3) is 3.31. The maximum absolute atomic E-state index is 10.3. The molecule has 0 atom stereocenters. The molecule has 3 heteroatoms. The summed E-state index contributed by atoms with van der Waals surface area (Å²) in [4.78, 5) is 10.3. The van der Waals surface area contributed by atoms with Crippen molar-refractivity contribution in [2.75, 3.05) is 6.79 Å². The zero-order valence-electron chi connectivity index (χ0n) is 7.97. The number of ether oxygens (including phenoxy) is 2. The first-order valence-corrected chi connectivity index (χ1v) is 4.27. The highest BCUT2D eigenvalue weighted by Crippen LogP contribution is 2.10. The van der Waals surface area contributed by atoms with Gasteiger partial charge in [0.25, 0.3) is 0 Å².